The van der Waals surface area contributed by atoms with E-state index in [0.717, 1.165) is 0 Å². The first kappa shape index (κ1) is 27.2. The largest absolute Gasteiger partial charge is 0.312 e. The van der Waals surface area contributed by atoms with Crippen molar-refractivity contribution in [2.45, 2.75) is 19.3 Å². The Bertz CT molecular complexity index is 2510. The van der Waals surface area contributed by atoms with E-state index in [1.807, 2.05) is 0 Å². The van der Waals surface area contributed by atoms with Crippen molar-refractivity contribution >= 4 is 80.3 Å². The molecule has 0 saturated heterocycles. The lowest BCUT2D eigenvalue weighted by Gasteiger charge is -2.51. The van der Waals surface area contributed by atoms with E-state index in [4.69, 9.17) is 0 Å². The van der Waals surface area contributed by atoms with E-state index in [1.54, 1.807) is 0 Å². The van der Waals surface area contributed by atoms with Crippen LogP contribution in [0.2, 0.25) is 0 Å². The highest BCUT2D eigenvalue weighted by atomic mass is 15.2. The zero-order valence-corrected chi connectivity index (χ0v) is 27.6. The monoisotopic (exact) mass is 622 g/mol. The molecule has 4 heterocycles. The van der Waals surface area contributed by atoms with E-state index in [2.05, 4.69) is 181 Å². The molecule has 228 valence electrons. The standard InChI is InChI=1S/C45H32B2N2/c1-45(2)31-19-7-8-20-33(31)46-35-22-10-14-26-39(35)49-40-27-15-11-23-36(40)47-34-21-9-13-25-38(34)48(41-28-32(45)42(46)44(49)43(41)47)37-24-12-6-18-30(37)29-16-4-3-5-17-29/h3-28H,1-2H3. The van der Waals surface area contributed by atoms with Crippen LogP contribution >= 0.6 is 0 Å². The van der Waals surface area contributed by atoms with Crippen LogP contribution in [0.25, 0.3) is 11.1 Å². The van der Waals surface area contributed by atoms with Gasteiger partial charge in [-0.25, -0.2) is 0 Å². The Kier molecular flexibility index (Phi) is 5.38. The lowest BCUT2D eigenvalue weighted by molar-refractivity contribution is 0.646. The van der Waals surface area contributed by atoms with E-state index in [-0.39, 0.29) is 18.8 Å². The first-order chi connectivity index (χ1) is 24.1. The maximum absolute atomic E-state index is 2.62. The highest BCUT2D eigenvalue weighted by Crippen LogP contribution is 2.49. The molecule has 0 radical (unpaired) electrons. The molecule has 49 heavy (non-hydrogen) atoms. The van der Waals surface area contributed by atoms with Crippen LogP contribution in [-0.4, -0.2) is 13.4 Å². The lowest BCUT2D eigenvalue weighted by atomic mass is 9.27. The first-order valence-corrected chi connectivity index (χ1v) is 17.4. The van der Waals surface area contributed by atoms with Crippen LogP contribution in [0.1, 0.15) is 25.0 Å². The molecular weight excluding hydrogens is 590 g/mol. The van der Waals surface area contributed by atoms with Crippen LogP contribution in [0, 0.1) is 0 Å². The van der Waals surface area contributed by atoms with Crippen LogP contribution in [0.5, 0.6) is 0 Å². The Morgan fingerprint density at radius 1 is 0.408 bits per heavy atom. The third kappa shape index (κ3) is 3.43. The predicted octanol–water partition coefficient (Wildman–Crippen LogP) is 6.91. The second-order valence-electron chi connectivity index (χ2n) is 14.4. The molecule has 0 spiro atoms. The van der Waals surface area contributed by atoms with Gasteiger partial charge in [-0.15, -0.1) is 0 Å². The summed E-state index contributed by atoms with van der Waals surface area (Å²) in [6, 6.07) is 59.0. The van der Waals surface area contributed by atoms with Gasteiger partial charge >= 0.3 is 0 Å². The van der Waals surface area contributed by atoms with Crippen LogP contribution in [-0.2, 0) is 5.41 Å². The summed E-state index contributed by atoms with van der Waals surface area (Å²) in [6.45, 7) is 5.15. The fourth-order valence-corrected chi connectivity index (χ4v) is 9.72. The third-order valence-corrected chi connectivity index (χ3v) is 11.7. The summed E-state index contributed by atoms with van der Waals surface area (Å²) in [5.41, 5.74) is 21.2. The highest BCUT2D eigenvalue weighted by molar-refractivity contribution is 7.04. The van der Waals surface area contributed by atoms with Gasteiger partial charge < -0.3 is 9.80 Å². The van der Waals surface area contributed by atoms with Crippen molar-refractivity contribution in [3.8, 4) is 11.1 Å². The molecular formula is C45H32B2N2. The van der Waals surface area contributed by atoms with Gasteiger partial charge in [0.1, 0.15) is 0 Å². The van der Waals surface area contributed by atoms with Crippen molar-refractivity contribution in [2.75, 3.05) is 9.80 Å². The van der Waals surface area contributed by atoms with E-state index in [0.29, 0.717) is 0 Å². The van der Waals surface area contributed by atoms with Gasteiger partial charge in [0.25, 0.3) is 6.71 Å². The van der Waals surface area contributed by atoms with Gasteiger partial charge in [-0.2, -0.15) is 0 Å². The van der Waals surface area contributed by atoms with Crippen molar-refractivity contribution in [2.24, 2.45) is 0 Å². The Balaban J connectivity index is 1.32. The molecule has 0 fully saturated rings. The molecule has 4 aliphatic rings. The zero-order chi connectivity index (χ0) is 32.4. The number of rotatable bonds is 2. The second-order valence-corrected chi connectivity index (χ2v) is 14.4. The summed E-state index contributed by atoms with van der Waals surface area (Å²) in [4.78, 5) is 5.20. The molecule has 0 atom stereocenters. The maximum atomic E-state index is 2.62. The third-order valence-electron chi connectivity index (χ3n) is 11.7. The Morgan fingerprint density at radius 2 is 0.898 bits per heavy atom. The van der Waals surface area contributed by atoms with E-state index >= 15 is 0 Å². The molecule has 0 N–H and O–H groups in total. The van der Waals surface area contributed by atoms with Gasteiger partial charge in [0.05, 0.1) is 5.69 Å². The molecule has 0 aliphatic carbocycles. The number of hydrogen-bond acceptors (Lipinski definition) is 2. The summed E-state index contributed by atoms with van der Waals surface area (Å²) >= 11 is 0. The maximum Gasteiger partial charge on any atom is 0.252 e. The summed E-state index contributed by atoms with van der Waals surface area (Å²) in [5, 5.41) is 0. The van der Waals surface area contributed by atoms with Crippen molar-refractivity contribution in [3.05, 3.63) is 169 Å². The highest BCUT2D eigenvalue weighted by Gasteiger charge is 2.52. The van der Waals surface area contributed by atoms with E-state index in [9.17, 15) is 0 Å². The van der Waals surface area contributed by atoms with Crippen LogP contribution in [0.3, 0.4) is 0 Å². The van der Waals surface area contributed by atoms with Crippen LogP contribution < -0.4 is 42.6 Å². The number of hydrogen-bond donors (Lipinski definition) is 0. The molecule has 0 saturated carbocycles. The summed E-state index contributed by atoms with van der Waals surface area (Å²) < 4.78 is 0. The molecule has 0 aromatic heterocycles. The molecule has 0 unspecified atom stereocenters. The molecule has 2 nitrogen and oxygen atoms in total. The minimum atomic E-state index is -0.194. The zero-order valence-electron chi connectivity index (χ0n) is 27.6. The second kappa shape index (κ2) is 9.67. The molecule has 4 aliphatic heterocycles. The van der Waals surface area contributed by atoms with Crippen molar-refractivity contribution in [1.82, 2.24) is 0 Å². The number of para-hydroxylation sites is 4. The van der Waals surface area contributed by atoms with Crippen molar-refractivity contribution in [3.63, 3.8) is 0 Å². The van der Waals surface area contributed by atoms with Crippen molar-refractivity contribution in [1.29, 1.82) is 0 Å². The average molecular weight is 622 g/mol. The topological polar surface area (TPSA) is 6.48 Å². The van der Waals surface area contributed by atoms with Gasteiger partial charge in [0.15, 0.2) is 0 Å². The fourth-order valence-electron chi connectivity index (χ4n) is 9.72. The fraction of sp³-hybridized carbons (Fsp3) is 0.0667. The van der Waals surface area contributed by atoms with Gasteiger partial charge in [-0.1, -0.05) is 147 Å². The number of nitrogens with zero attached hydrogens (tertiary/aromatic N) is 2. The smallest absolute Gasteiger partial charge is 0.252 e. The van der Waals surface area contributed by atoms with Gasteiger partial charge in [-0.3, -0.25) is 0 Å². The summed E-state index contributed by atoms with van der Waals surface area (Å²) in [7, 11) is 0. The van der Waals surface area contributed by atoms with Gasteiger partial charge in [0, 0.05) is 39.4 Å². The molecule has 0 bridgehead atoms. The summed E-state index contributed by atoms with van der Waals surface area (Å²) in [6.07, 6.45) is 0. The van der Waals surface area contributed by atoms with Gasteiger partial charge in [0.2, 0.25) is 6.71 Å². The van der Waals surface area contributed by atoms with Crippen LogP contribution in [0.4, 0.5) is 34.1 Å². The van der Waals surface area contributed by atoms with Gasteiger partial charge in [-0.05, 0) is 74.3 Å². The Hall–Kier alpha value is -5.73. The quantitative estimate of drug-likeness (QED) is 0.194. The molecule has 11 rings (SSSR count). The lowest BCUT2D eigenvalue weighted by Crippen LogP contribution is -2.70. The summed E-state index contributed by atoms with van der Waals surface area (Å²) in [5.74, 6) is 0. The Morgan fingerprint density at radius 3 is 1.55 bits per heavy atom. The predicted molar refractivity (Wildman–Crippen MR) is 209 cm³/mol. The van der Waals surface area contributed by atoms with Crippen LogP contribution in [0.15, 0.2) is 158 Å². The molecule has 0 amide bonds. The number of benzene rings is 7. The number of anilines is 6. The molecule has 4 heteroatoms. The van der Waals surface area contributed by atoms with Crippen molar-refractivity contribution < 1.29 is 0 Å². The number of fused-ring (bicyclic) bond motifs is 10. The normalized spacial score (nSPS) is 15.1. The van der Waals surface area contributed by atoms with E-state index < -0.39 is 0 Å². The Labute approximate surface area is 288 Å². The average Bonchev–Trinajstić information content (AvgIpc) is 3.16. The van der Waals surface area contributed by atoms with E-state index in [1.165, 1.54) is 89.2 Å². The minimum absolute atomic E-state index is 0.116. The SMILES string of the molecule is CC1(C)c2ccccc2B2c3ccccc3N3c4ccccc4B4c5ccccc5N(c5ccccc5-c5ccccc5)c5cc1c2c3c54. The minimum Gasteiger partial charge on any atom is -0.312 e. The molecule has 7 aromatic rings. The molecule has 7 aromatic carbocycles. The first-order valence-electron chi connectivity index (χ1n) is 17.4.